The molecule has 8 heteroatoms. The second-order valence-electron chi connectivity index (χ2n) is 4.28. The van der Waals surface area contributed by atoms with E-state index in [-0.39, 0.29) is 29.5 Å². The SMILES string of the molecule is COS(=O)(=O)C[C@H]1COc2c(cc(F)cc2C(C)=O)O1. The van der Waals surface area contributed by atoms with Crippen LogP contribution < -0.4 is 9.47 Å². The molecule has 1 atom stereocenters. The third-order valence-corrected chi connectivity index (χ3v) is 4.04. The van der Waals surface area contributed by atoms with Gasteiger partial charge in [0.15, 0.2) is 17.3 Å². The summed E-state index contributed by atoms with van der Waals surface area (Å²) < 4.78 is 51.1. The van der Waals surface area contributed by atoms with Crippen LogP contribution in [-0.4, -0.2) is 39.8 Å². The largest absolute Gasteiger partial charge is 0.485 e. The first-order valence-corrected chi connectivity index (χ1v) is 7.32. The fourth-order valence-electron chi connectivity index (χ4n) is 1.83. The van der Waals surface area contributed by atoms with Crippen LogP contribution in [0.15, 0.2) is 12.1 Å². The molecule has 2 rings (SSSR count). The van der Waals surface area contributed by atoms with Gasteiger partial charge in [-0.25, -0.2) is 4.39 Å². The van der Waals surface area contributed by atoms with Gasteiger partial charge in [0.1, 0.15) is 24.3 Å². The lowest BCUT2D eigenvalue weighted by Crippen LogP contribution is -2.36. The van der Waals surface area contributed by atoms with Crippen LogP contribution in [0.25, 0.3) is 0 Å². The summed E-state index contributed by atoms with van der Waals surface area (Å²) in [6.45, 7) is 1.21. The normalized spacial score (nSPS) is 17.9. The lowest BCUT2D eigenvalue weighted by Gasteiger charge is -2.27. The number of hydrogen-bond acceptors (Lipinski definition) is 6. The first-order valence-electron chi connectivity index (χ1n) is 5.74. The molecule has 1 heterocycles. The minimum absolute atomic E-state index is 0.0118. The zero-order valence-electron chi connectivity index (χ0n) is 10.9. The van der Waals surface area contributed by atoms with Gasteiger partial charge in [0.2, 0.25) is 0 Å². The molecular formula is C12H13FO6S. The summed E-state index contributed by atoms with van der Waals surface area (Å²) in [4.78, 5) is 11.4. The van der Waals surface area contributed by atoms with Gasteiger partial charge < -0.3 is 9.47 Å². The van der Waals surface area contributed by atoms with Crippen LogP contribution in [0.2, 0.25) is 0 Å². The van der Waals surface area contributed by atoms with Gasteiger partial charge in [-0.05, 0) is 13.0 Å². The summed E-state index contributed by atoms with van der Waals surface area (Å²) in [6.07, 6.45) is -0.825. The highest BCUT2D eigenvalue weighted by atomic mass is 32.2. The van der Waals surface area contributed by atoms with Gasteiger partial charge in [0, 0.05) is 6.07 Å². The van der Waals surface area contributed by atoms with Crippen LogP contribution >= 0.6 is 0 Å². The first kappa shape index (κ1) is 14.7. The Morgan fingerprint density at radius 1 is 1.50 bits per heavy atom. The van der Waals surface area contributed by atoms with Crippen molar-refractivity contribution >= 4 is 15.9 Å². The highest BCUT2D eigenvalue weighted by Crippen LogP contribution is 2.36. The van der Waals surface area contributed by atoms with Crippen LogP contribution in [0.3, 0.4) is 0 Å². The summed E-state index contributed by atoms with van der Waals surface area (Å²) in [5.74, 6) is -1.31. The number of hydrogen-bond donors (Lipinski definition) is 0. The molecule has 0 N–H and O–H groups in total. The Hall–Kier alpha value is -1.67. The molecule has 0 saturated carbocycles. The van der Waals surface area contributed by atoms with E-state index in [2.05, 4.69) is 4.18 Å². The summed E-state index contributed by atoms with van der Waals surface area (Å²) >= 11 is 0. The van der Waals surface area contributed by atoms with E-state index < -0.39 is 27.8 Å². The smallest absolute Gasteiger partial charge is 0.270 e. The number of carbonyl (C=O) groups excluding carboxylic acids is 1. The molecule has 0 aliphatic carbocycles. The van der Waals surface area contributed by atoms with Crippen molar-refractivity contribution in [3.05, 3.63) is 23.5 Å². The Morgan fingerprint density at radius 3 is 2.80 bits per heavy atom. The average Bonchev–Trinajstić information content (AvgIpc) is 2.36. The first-order chi connectivity index (χ1) is 9.32. The molecule has 0 bridgehead atoms. The van der Waals surface area contributed by atoms with Crippen molar-refractivity contribution in [1.82, 2.24) is 0 Å². The topological polar surface area (TPSA) is 78.9 Å². The van der Waals surface area contributed by atoms with E-state index in [1.807, 2.05) is 0 Å². The molecule has 6 nitrogen and oxygen atoms in total. The molecule has 110 valence electrons. The molecule has 0 saturated heterocycles. The van der Waals surface area contributed by atoms with Crippen molar-refractivity contribution in [3.63, 3.8) is 0 Å². The van der Waals surface area contributed by atoms with E-state index in [1.54, 1.807) is 0 Å². The minimum atomic E-state index is -3.72. The van der Waals surface area contributed by atoms with Gasteiger partial charge in [0.25, 0.3) is 10.1 Å². The van der Waals surface area contributed by atoms with Gasteiger partial charge in [-0.1, -0.05) is 0 Å². The number of ether oxygens (including phenoxy) is 2. The number of carbonyl (C=O) groups is 1. The average molecular weight is 304 g/mol. The van der Waals surface area contributed by atoms with Crippen molar-refractivity contribution in [2.45, 2.75) is 13.0 Å². The lowest BCUT2D eigenvalue weighted by atomic mass is 10.1. The molecule has 0 spiro atoms. The van der Waals surface area contributed by atoms with Crippen molar-refractivity contribution in [1.29, 1.82) is 0 Å². The van der Waals surface area contributed by atoms with E-state index in [9.17, 15) is 17.6 Å². The summed E-state index contributed by atoms with van der Waals surface area (Å²) in [5.41, 5.74) is 0.0630. The van der Waals surface area contributed by atoms with Crippen molar-refractivity contribution in [3.8, 4) is 11.5 Å². The molecule has 0 amide bonds. The second kappa shape index (κ2) is 5.37. The molecule has 20 heavy (non-hydrogen) atoms. The molecular weight excluding hydrogens is 291 g/mol. The summed E-state index contributed by atoms with van der Waals surface area (Å²) in [7, 11) is -2.68. The Bertz CT molecular complexity index is 640. The molecule has 1 aromatic carbocycles. The fourth-order valence-corrected chi connectivity index (χ4v) is 2.59. The number of fused-ring (bicyclic) bond motifs is 1. The van der Waals surface area contributed by atoms with Crippen molar-refractivity contribution < 1.29 is 31.3 Å². The molecule has 1 aliphatic heterocycles. The predicted octanol–water partition coefficient (Wildman–Crippen LogP) is 1.14. The molecule has 1 aliphatic rings. The summed E-state index contributed by atoms with van der Waals surface area (Å²) in [6, 6.07) is 2.10. The van der Waals surface area contributed by atoms with Crippen LogP contribution in [0, 0.1) is 5.82 Å². The zero-order valence-corrected chi connectivity index (χ0v) is 11.7. The maximum atomic E-state index is 13.4. The third-order valence-electron chi connectivity index (χ3n) is 2.75. The molecule has 0 fully saturated rings. The molecule has 0 unspecified atom stereocenters. The minimum Gasteiger partial charge on any atom is -0.485 e. The number of benzene rings is 1. The van der Waals surface area contributed by atoms with Gasteiger partial charge in [-0.3, -0.25) is 8.98 Å². The van der Waals surface area contributed by atoms with Gasteiger partial charge in [-0.2, -0.15) is 8.42 Å². The quantitative estimate of drug-likeness (QED) is 0.613. The standard InChI is InChI=1S/C12H13FO6S/c1-7(14)10-3-8(13)4-11-12(10)18-5-9(19-11)6-20(15,16)17-2/h3-4,9H,5-6H2,1-2H3/t9-/m1/s1. The zero-order chi connectivity index (χ0) is 14.9. The van der Waals surface area contributed by atoms with Crippen molar-refractivity contribution in [2.24, 2.45) is 0 Å². The van der Waals surface area contributed by atoms with E-state index in [4.69, 9.17) is 9.47 Å². The number of rotatable bonds is 4. The highest BCUT2D eigenvalue weighted by Gasteiger charge is 2.29. The fraction of sp³-hybridized carbons (Fsp3) is 0.417. The maximum absolute atomic E-state index is 13.4. The van der Waals surface area contributed by atoms with Gasteiger partial charge in [-0.15, -0.1) is 0 Å². The van der Waals surface area contributed by atoms with Crippen LogP contribution in [-0.2, 0) is 14.3 Å². The van der Waals surface area contributed by atoms with E-state index in [1.165, 1.54) is 6.92 Å². The highest BCUT2D eigenvalue weighted by molar-refractivity contribution is 7.86. The lowest BCUT2D eigenvalue weighted by molar-refractivity contribution is 0.0939. The molecule has 1 aromatic rings. The van der Waals surface area contributed by atoms with E-state index >= 15 is 0 Å². The Morgan fingerprint density at radius 2 is 2.20 bits per heavy atom. The van der Waals surface area contributed by atoms with Crippen LogP contribution in [0.4, 0.5) is 4.39 Å². The molecule has 0 aromatic heterocycles. The van der Waals surface area contributed by atoms with Gasteiger partial charge >= 0.3 is 0 Å². The van der Waals surface area contributed by atoms with E-state index in [0.29, 0.717) is 0 Å². The second-order valence-corrected chi connectivity index (χ2v) is 6.06. The van der Waals surface area contributed by atoms with E-state index in [0.717, 1.165) is 19.2 Å². The van der Waals surface area contributed by atoms with Crippen molar-refractivity contribution in [2.75, 3.05) is 19.5 Å². The van der Waals surface area contributed by atoms with Crippen LogP contribution in [0.1, 0.15) is 17.3 Å². The monoisotopic (exact) mass is 304 g/mol. The van der Waals surface area contributed by atoms with Gasteiger partial charge in [0.05, 0.1) is 12.7 Å². The third kappa shape index (κ3) is 3.07. The number of Topliss-reactive ketones (excluding diaryl/α,β-unsaturated/α-hetero) is 1. The Labute approximate surface area is 115 Å². The Balaban J connectivity index is 2.29. The Kier molecular flexibility index (Phi) is 3.96. The number of ketones is 1. The summed E-state index contributed by atoms with van der Waals surface area (Å²) in [5, 5.41) is 0. The van der Waals surface area contributed by atoms with Crippen LogP contribution in [0.5, 0.6) is 11.5 Å². The number of halogens is 1. The maximum Gasteiger partial charge on any atom is 0.270 e. The predicted molar refractivity (Wildman–Crippen MR) is 67.1 cm³/mol. The molecule has 0 radical (unpaired) electrons.